The number of anilines is 1. The van der Waals surface area contributed by atoms with Gasteiger partial charge < -0.3 is 14.8 Å². The van der Waals surface area contributed by atoms with Crippen LogP contribution in [0.25, 0.3) is 0 Å². The summed E-state index contributed by atoms with van der Waals surface area (Å²) in [7, 11) is 3.25. The monoisotopic (exact) mass is 385 g/mol. The fourth-order valence-corrected chi connectivity index (χ4v) is 2.59. The van der Waals surface area contributed by atoms with Crippen molar-refractivity contribution in [3.05, 3.63) is 40.7 Å². The molecule has 0 aliphatic heterocycles. The summed E-state index contributed by atoms with van der Waals surface area (Å²) in [5.74, 6) is -0.307. The van der Waals surface area contributed by atoms with E-state index in [1.807, 2.05) is 6.92 Å². The van der Waals surface area contributed by atoms with Crippen molar-refractivity contribution in [1.29, 1.82) is 0 Å². The Bertz CT molecular complexity index is 816. The molecule has 1 heterocycles. The average molecular weight is 385 g/mol. The number of aromatic nitrogens is 2. The van der Waals surface area contributed by atoms with Crippen LogP contribution in [-0.4, -0.2) is 36.0 Å². The summed E-state index contributed by atoms with van der Waals surface area (Å²) in [6.07, 6.45) is -4.53. The molecular formula is C18H22F3N3O3. The third-order valence-corrected chi connectivity index (χ3v) is 4.12. The van der Waals surface area contributed by atoms with Crippen molar-refractivity contribution in [1.82, 2.24) is 9.78 Å². The number of nitrogens with one attached hydrogen (secondary N) is 1. The van der Waals surface area contributed by atoms with Crippen molar-refractivity contribution in [2.45, 2.75) is 26.4 Å². The number of ether oxygens (including phenoxy) is 2. The van der Waals surface area contributed by atoms with E-state index in [0.717, 1.165) is 23.4 Å². The van der Waals surface area contributed by atoms with Gasteiger partial charge in [-0.3, -0.25) is 9.48 Å². The molecule has 27 heavy (non-hydrogen) atoms. The number of aryl methyl sites for hydroxylation is 2. The van der Waals surface area contributed by atoms with Crippen LogP contribution in [0.5, 0.6) is 5.75 Å². The number of alkyl halides is 3. The number of amides is 1. The van der Waals surface area contributed by atoms with Crippen LogP contribution in [0.2, 0.25) is 0 Å². The Balaban J connectivity index is 2.24. The second-order valence-corrected chi connectivity index (χ2v) is 6.05. The quantitative estimate of drug-likeness (QED) is 0.743. The van der Waals surface area contributed by atoms with E-state index in [1.54, 1.807) is 18.7 Å². The molecule has 2 rings (SSSR count). The first-order chi connectivity index (χ1) is 12.6. The maximum Gasteiger partial charge on any atom is 0.416 e. The van der Waals surface area contributed by atoms with Crippen molar-refractivity contribution in [3.63, 3.8) is 0 Å². The topological polar surface area (TPSA) is 65.4 Å². The second kappa shape index (κ2) is 8.43. The van der Waals surface area contributed by atoms with E-state index in [2.05, 4.69) is 10.4 Å². The predicted octanol–water partition coefficient (Wildman–Crippen LogP) is 3.26. The lowest BCUT2D eigenvalue weighted by atomic mass is 10.1. The Morgan fingerprint density at radius 3 is 2.52 bits per heavy atom. The lowest BCUT2D eigenvalue weighted by Crippen LogP contribution is -2.17. The Kier molecular flexibility index (Phi) is 6.48. The Labute approximate surface area is 155 Å². The van der Waals surface area contributed by atoms with E-state index in [9.17, 15) is 18.0 Å². The number of nitrogens with zero attached hydrogens (tertiary/aromatic N) is 2. The zero-order valence-corrected chi connectivity index (χ0v) is 15.6. The number of carbonyl (C=O) groups is 1. The predicted molar refractivity (Wildman–Crippen MR) is 93.8 cm³/mol. The summed E-state index contributed by atoms with van der Waals surface area (Å²) >= 11 is 0. The number of hydrogen-bond donors (Lipinski definition) is 1. The van der Waals surface area contributed by atoms with Crippen LogP contribution in [0, 0.1) is 13.8 Å². The summed E-state index contributed by atoms with van der Waals surface area (Å²) in [5.41, 5.74) is 1.36. The molecule has 0 saturated heterocycles. The normalized spacial score (nSPS) is 11.5. The summed E-state index contributed by atoms with van der Waals surface area (Å²) < 4.78 is 51.0. The van der Waals surface area contributed by atoms with Crippen molar-refractivity contribution in [3.8, 4) is 5.75 Å². The smallest absolute Gasteiger partial charge is 0.416 e. The molecule has 6 nitrogen and oxygen atoms in total. The first-order valence-electron chi connectivity index (χ1n) is 8.25. The van der Waals surface area contributed by atoms with E-state index in [0.29, 0.717) is 5.69 Å². The minimum Gasteiger partial charge on any atom is -0.489 e. The van der Waals surface area contributed by atoms with Gasteiger partial charge in [0.15, 0.2) is 0 Å². The van der Waals surface area contributed by atoms with Gasteiger partial charge in [-0.15, -0.1) is 0 Å². The first-order valence-corrected chi connectivity index (χ1v) is 8.25. The highest BCUT2D eigenvalue weighted by molar-refractivity contribution is 5.94. The average Bonchev–Trinajstić information content (AvgIpc) is 2.81. The second-order valence-electron chi connectivity index (χ2n) is 6.05. The first kappa shape index (κ1) is 20.8. The van der Waals surface area contributed by atoms with Crippen LogP contribution < -0.4 is 10.1 Å². The maximum absolute atomic E-state index is 13.0. The van der Waals surface area contributed by atoms with E-state index >= 15 is 0 Å². The summed E-state index contributed by atoms with van der Waals surface area (Å²) in [4.78, 5) is 12.4. The van der Waals surface area contributed by atoms with Gasteiger partial charge in [0, 0.05) is 25.4 Å². The fourth-order valence-electron chi connectivity index (χ4n) is 2.59. The molecule has 0 unspecified atom stereocenters. The van der Waals surface area contributed by atoms with Crippen LogP contribution in [0.4, 0.5) is 18.9 Å². The summed E-state index contributed by atoms with van der Waals surface area (Å²) in [5, 5.41) is 6.75. The molecule has 9 heteroatoms. The van der Waals surface area contributed by atoms with Gasteiger partial charge in [-0.1, -0.05) is 0 Å². The van der Waals surface area contributed by atoms with E-state index in [1.165, 1.54) is 13.2 Å². The fraction of sp³-hybridized carbons (Fsp3) is 0.444. The largest absolute Gasteiger partial charge is 0.489 e. The van der Waals surface area contributed by atoms with Crippen LogP contribution >= 0.6 is 0 Å². The van der Waals surface area contributed by atoms with E-state index in [4.69, 9.17) is 9.47 Å². The molecule has 0 aliphatic rings. The van der Waals surface area contributed by atoms with Gasteiger partial charge >= 0.3 is 6.18 Å². The zero-order valence-electron chi connectivity index (χ0n) is 15.6. The SMILES string of the molecule is COCCOc1ccc(C(F)(F)F)cc1NC(=O)Cc1c(C)nn(C)c1C. The minimum absolute atomic E-state index is 0.000731. The van der Waals surface area contributed by atoms with Gasteiger partial charge in [-0.2, -0.15) is 18.3 Å². The molecule has 0 fully saturated rings. The molecule has 0 spiro atoms. The summed E-state index contributed by atoms with van der Waals surface area (Å²) in [6.45, 7) is 4.01. The molecule has 0 radical (unpaired) electrons. The third-order valence-electron chi connectivity index (χ3n) is 4.12. The van der Waals surface area contributed by atoms with Crippen LogP contribution in [0.15, 0.2) is 18.2 Å². The highest BCUT2D eigenvalue weighted by Gasteiger charge is 2.31. The van der Waals surface area contributed by atoms with Crippen molar-refractivity contribution >= 4 is 11.6 Å². The van der Waals surface area contributed by atoms with Crippen molar-refractivity contribution in [2.75, 3.05) is 25.6 Å². The molecule has 1 aromatic heterocycles. The standard InChI is InChI=1S/C18H22F3N3O3/c1-11-14(12(2)24(3)23-11)10-17(25)22-15-9-13(18(19,20)21)5-6-16(15)27-8-7-26-4/h5-6,9H,7-8,10H2,1-4H3,(H,22,25). The highest BCUT2D eigenvalue weighted by atomic mass is 19.4. The van der Waals surface area contributed by atoms with Crippen LogP contribution in [-0.2, 0) is 29.2 Å². The van der Waals surface area contributed by atoms with Gasteiger partial charge in [0.2, 0.25) is 5.91 Å². The molecule has 1 N–H and O–H groups in total. The maximum atomic E-state index is 13.0. The molecule has 148 valence electrons. The summed E-state index contributed by atoms with van der Waals surface area (Å²) in [6, 6.07) is 2.96. The van der Waals surface area contributed by atoms with Gasteiger partial charge in [0.1, 0.15) is 12.4 Å². The van der Waals surface area contributed by atoms with Crippen LogP contribution in [0.3, 0.4) is 0 Å². The number of benzene rings is 1. The molecule has 2 aromatic rings. The number of halogens is 3. The number of methoxy groups -OCH3 is 1. The minimum atomic E-state index is -4.53. The lowest BCUT2D eigenvalue weighted by Gasteiger charge is -2.15. The Morgan fingerprint density at radius 2 is 1.96 bits per heavy atom. The molecule has 0 bridgehead atoms. The zero-order chi connectivity index (χ0) is 20.2. The van der Waals surface area contributed by atoms with E-state index < -0.39 is 17.6 Å². The van der Waals surface area contributed by atoms with Crippen molar-refractivity contribution in [2.24, 2.45) is 7.05 Å². The van der Waals surface area contributed by atoms with E-state index in [-0.39, 0.29) is 31.1 Å². The van der Waals surface area contributed by atoms with Gasteiger partial charge in [-0.25, -0.2) is 0 Å². The molecule has 1 amide bonds. The Morgan fingerprint density at radius 1 is 1.26 bits per heavy atom. The molecule has 1 aromatic carbocycles. The number of rotatable bonds is 7. The van der Waals surface area contributed by atoms with Gasteiger partial charge in [0.05, 0.1) is 30.0 Å². The van der Waals surface area contributed by atoms with Gasteiger partial charge in [0.25, 0.3) is 0 Å². The molecule has 0 saturated carbocycles. The molecule has 0 aliphatic carbocycles. The lowest BCUT2D eigenvalue weighted by molar-refractivity contribution is -0.137. The third kappa shape index (κ3) is 5.22. The Hall–Kier alpha value is -2.55. The van der Waals surface area contributed by atoms with Crippen molar-refractivity contribution < 1.29 is 27.4 Å². The van der Waals surface area contributed by atoms with Crippen LogP contribution in [0.1, 0.15) is 22.5 Å². The number of carbonyl (C=O) groups excluding carboxylic acids is 1. The highest BCUT2D eigenvalue weighted by Crippen LogP contribution is 2.35. The number of hydrogen-bond acceptors (Lipinski definition) is 4. The molecule has 0 atom stereocenters. The van der Waals surface area contributed by atoms with Gasteiger partial charge in [-0.05, 0) is 32.0 Å². The molecular weight excluding hydrogens is 363 g/mol.